The highest BCUT2D eigenvalue weighted by atomic mass is 32.2. The third-order valence-corrected chi connectivity index (χ3v) is 6.02. The number of benzene rings is 2. The van der Waals surface area contributed by atoms with Crippen molar-refractivity contribution in [3.63, 3.8) is 0 Å². The van der Waals surface area contributed by atoms with Gasteiger partial charge in [-0.15, -0.1) is 11.8 Å². The largest absolute Gasteiger partial charge is 0.334 e. The topological polar surface area (TPSA) is 49.4 Å². The molecule has 4 nitrogen and oxygen atoms in total. The molecule has 1 aliphatic rings. The lowest BCUT2D eigenvalue weighted by molar-refractivity contribution is -0.131. The average Bonchev–Trinajstić information content (AvgIpc) is 3.52. The van der Waals surface area contributed by atoms with Gasteiger partial charge < -0.3 is 10.2 Å². The molecule has 0 spiro atoms. The quantitative estimate of drug-likeness (QED) is 0.712. The molecule has 2 aromatic carbocycles. The lowest BCUT2D eigenvalue weighted by Crippen LogP contribution is -2.38. The number of aryl methyl sites for hydroxylation is 2. The average molecular weight is 397 g/mol. The van der Waals surface area contributed by atoms with E-state index in [0.29, 0.717) is 12.6 Å². The predicted molar refractivity (Wildman–Crippen MR) is 116 cm³/mol. The monoisotopic (exact) mass is 396 g/mol. The van der Waals surface area contributed by atoms with Gasteiger partial charge in [0.05, 0.1) is 11.0 Å². The van der Waals surface area contributed by atoms with Crippen LogP contribution in [-0.4, -0.2) is 33.8 Å². The van der Waals surface area contributed by atoms with Crippen LogP contribution < -0.4 is 5.32 Å². The van der Waals surface area contributed by atoms with Crippen molar-refractivity contribution in [1.29, 1.82) is 0 Å². The maximum atomic E-state index is 13.0. The number of carbonyl (C=O) groups excluding carboxylic acids is 2. The molecular weight excluding hydrogens is 368 g/mol. The Kier molecular flexibility index (Phi) is 6.79. The van der Waals surface area contributed by atoms with E-state index in [2.05, 4.69) is 36.5 Å². The van der Waals surface area contributed by atoms with Crippen LogP contribution in [0.2, 0.25) is 0 Å². The van der Waals surface area contributed by atoms with Gasteiger partial charge in [-0.25, -0.2) is 0 Å². The normalized spacial score (nSPS) is 14.4. The molecule has 1 atom stereocenters. The first-order chi connectivity index (χ1) is 13.4. The minimum Gasteiger partial charge on any atom is -0.334 e. The summed E-state index contributed by atoms with van der Waals surface area (Å²) in [4.78, 5) is 27.2. The third-order valence-electron chi connectivity index (χ3n) is 4.89. The Morgan fingerprint density at radius 3 is 2.18 bits per heavy atom. The van der Waals surface area contributed by atoms with Gasteiger partial charge in [0.15, 0.2) is 0 Å². The fraction of sp³-hybridized carbons (Fsp3) is 0.391. The summed E-state index contributed by atoms with van der Waals surface area (Å²) in [6.07, 6.45) is 2.14. The van der Waals surface area contributed by atoms with Crippen molar-refractivity contribution in [2.45, 2.75) is 51.4 Å². The van der Waals surface area contributed by atoms with Gasteiger partial charge in [-0.05, 0) is 51.3 Å². The first-order valence-corrected chi connectivity index (χ1v) is 10.8. The van der Waals surface area contributed by atoms with E-state index in [0.717, 1.165) is 29.7 Å². The summed E-state index contributed by atoms with van der Waals surface area (Å²) in [5.41, 5.74) is 4.31. The van der Waals surface area contributed by atoms with Gasteiger partial charge in [0.1, 0.15) is 0 Å². The third kappa shape index (κ3) is 5.86. The molecule has 5 heteroatoms. The second kappa shape index (κ2) is 9.28. The number of anilines is 1. The molecular formula is C23H28N2O2S. The minimum absolute atomic E-state index is 0.0787. The van der Waals surface area contributed by atoms with E-state index in [4.69, 9.17) is 0 Å². The van der Waals surface area contributed by atoms with E-state index in [1.807, 2.05) is 43.0 Å². The zero-order valence-electron chi connectivity index (χ0n) is 16.8. The van der Waals surface area contributed by atoms with Gasteiger partial charge in [0, 0.05) is 18.3 Å². The van der Waals surface area contributed by atoms with Gasteiger partial charge in [0.25, 0.3) is 0 Å². The van der Waals surface area contributed by atoms with Crippen LogP contribution in [-0.2, 0) is 16.1 Å². The molecule has 1 N–H and O–H groups in total. The summed E-state index contributed by atoms with van der Waals surface area (Å²) in [5, 5.41) is 2.65. The Hall–Kier alpha value is -2.27. The lowest BCUT2D eigenvalue weighted by atomic mass is 10.1. The first-order valence-electron chi connectivity index (χ1n) is 9.76. The zero-order chi connectivity index (χ0) is 20.1. The molecule has 28 heavy (non-hydrogen) atoms. The standard InChI is InChI=1S/C23H28N2O2S/c1-16-4-8-19(9-5-16)14-25(21-12-13-21)23(27)18(3)28-15-22(26)24-20-10-6-17(2)7-11-20/h4-11,18,21H,12-15H2,1-3H3,(H,24,26). The molecule has 1 fully saturated rings. The molecule has 2 amide bonds. The van der Waals surface area contributed by atoms with E-state index in [-0.39, 0.29) is 22.8 Å². The summed E-state index contributed by atoms with van der Waals surface area (Å²) in [6, 6.07) is 16.4. The number of hydrogen-bond donors (Lipinski definition) is 1. The summed E-state index contributed by atoms with van der Waals surface area (Å²) in [6.45, 7) is 6.62. The molecule has 0 saturated heterocycles. The van der Waals surface area contributed by atoms with Crippen molar-refractivity contribution in [2.75, 3.05) is 11.1 Å². The molecule has 1 unspecified atom stereocenters. The number of nitrogens with zero attached hydrogens (tertiary/aromatic N) is 1. The van der Waals surface area contributed by atoms with Gasteiger partial charge in [-0.3, -0.25) is 9.59 Å². The Balaban J connectivity index is 1.52. The Labute approximate surface area is 171 Å². The maximum Gasteiger partial charge on any atom is 0.235 e. The maximum absolute atomic E-state index is 13.0. The Morgan fingerprint density at radius 1 is 1.04 bits per heavy atom. The summed E-state index contributed by atoms with van der Waals surface area (Å²) in [5.74, 6) is 0.310. The van der Waals surface area contributed by atoms with E-state index >= 15 is 0 Å². The zero-order valence-corrected chi connectivity index (χ0v) is 17.6. The molecule has 148 valence electrons. The van der Waals surface area contributed by atoms with Crippen LogP contribution in [0.25, 0.3) is 0 Å². The van der Waals surface area contributed by atoms with E-state index in [9.17, 15) is 9.59 Å². The summed E-state index contributed by atoms with van der Waals surface area (Å²) < 4.78 is 0. The molecule has 2 aromatic rings. The molecule has 0 aromatic heterocycles. The van der Waals surface area contributed by atoms with Crippen molar-refractivity contribution in [1.82, 2.24) is 4.90 Å². The van der Waals surface area contributed by atoms with Crippen LogP contribution >= 0.6 is 11.8 Å². The molecule has 0 aliphatic heterocycles. The van der Waals surface area contributed by atoms with Gasteiger partial charge in [-0.2, -0.15) is 0 Å². The first kappa shape index (κ1) is 20.5. The fourth-order valence-corrected chi connectivity index (χ4v) is 3.75. The Bertz CT molecular complexity index is 814. The highest BCUT2D eigenvalue weighted by Crippen LogP contribution is 2.30. The van der Waals surface area contributed by atoms with Crippen LogP contribution in [0.4, 0.5) is 5.69 Å². The molecule has 1 aliphatic carbocycles. The number of hydrogen-bond acceptors (Lipinski definition) is 3. The van der Waals surface area contributed by atoms with E-state index in [1.165, 1.54) is 17.3 Å². The van der Waals surface area contributed by atoms with Crippen molar-refractivity contribution in [3.05, 3.63) is 65.2 Å². The van der Waals surface area contributed by atoms with Crippen LogP contribution in [0.15, 0.2) is 48.5 Å². The lowest BCUT2D eigenvalue weighted by Gasteiger charge is -2.25. The van der Waals surface area contributed by atoms with Crippen molar-refractivity contribution < 1.29 is 9.59 Å². The van der Waals surface area contributed by atoms with Crippen molar-refractivity contribution in [2.24, 2.45) is 0 Å². The summed E-state index contributed by atoms with van der Waals surface area (Å²) >= 11 is 1.40. The molecule has 1 saturated carbocycles. The second-order valence-electron chi connectivity index (χ2n) is 7.55. The van der Waals surface area contributed by atoms with E-state index in [1.54, 1.807) is 0 Å². The number of nitrogens with one attached hydrogen (secondary N) is 1. The number of thioether (sulfide) groups is 1. The van der Waals surface area contributed by atoms with Crippen LogP contribution in [0.1, 0.15) is 36.5 Å². The minimum atomic E-state index is -0.241. The highest BCUT2D eigenvalue weighted by molar-refractivity contribution is 8.01. The fourth-order valence-electron chi connectivity index (χ4n) is 3.00. The van der Waals surface area contributed by atoms with Gasteiger partial charge in [0.2, 0.25) is 11.8 Å². The number of carbonyl (C=O) groups is 2. The Morgan fingerprint density at radius 2 is 1.61 bits per heavy atom. The van der Waals surface area contributed by atoms with Crippen LogP contribution in [0.5, 0.6) is 0 Å². The van der Waals surface area contributed by atoms with Crippen LogP contribution in [0, 0.1) is 13.8 Å². The molecule has 0 bridgehead atoms. The summed E-state index contributed by atoms with van der Waals surface area (Å²) in [7, 11) is 0. The second-order valence-corrected chi connectivity index (χ2v) is 8.88. The predicted octanol–water partition coefficient (Wildman–Crippen LogP) is 4.55. The van der Waals surface area contributed by atoms with Gasteiger partial charge in [-0.1, -0.05) is 47.5 Å². The van der Waals surface area contributed by atoms with E-state index < -0.39 is 0 Å². The SMILES string of the molecule is Cc1ccc(CN(C(=O)C(C)SCC(=O)Nc2ccc(C)cc2)C2CC2)cc1. The van der Waals surface area contributed by atoms with Crippen molar-refractivity contribution >= 4 is 29.3 Å². The van der Waals surface area contributed by atoms with Gasteiger partial charge >= 0.3 is 0 Å². The number of rotatable bonds is 8. The molecule has 0 radical (unpaired) electrons. The van der Waals surface area contributed by atoms with Crippen LogP contribution in [0.3, 0.4) is 0 Å². The molecule has 0 heterocycles. The molecule has 3 rings (SSSR count). The van der Waals surface area contributed by atoms with Crippen molar-refractivity contribution in [3.8, 4) is 0 Å². The highest BCUT2D eigenvalue weighted by Gasteiger charge is 2.34. The smallest absolute Gasteiger partial charge is 0.235 e. The number of amides is 2.